The van der Waals surface area contributed by atoms with Gasteiger partial charge in [0, 0.05) is 0 Å². The fourth-order valence-electron chi connectivity index (χ4n) is 4.25. The molecule has 0 bridgehead atoms. The molecular formula is C35H32F4O7STe2. The Balaban J connectivity index is 1.54. The van der Waals surface area contributed by atoms with E-state index in [1.807, 2.05) is 69.3 Å². The summed E-state index contributed by atoms with van der Waals surface area (Å²) in [5.74, 6) is -5.87. The van der Waals surface area contributed by atoms with Gasteiger partial charge in [-0.3, -0.25) is 0 Å². The molecule has 49 heavy (non-hydrogen) atoms. The van der Waals surface area contributed by atoms with E-state index in [1.54, 1.807) is 36.4 Å². The molecule has 0 fully saturated rings. The molecule has 7 nitrogen and oxygen atoms in total. The van der Waals surface area contributed by atoms with Gasteiger partial charge in [-0.1, -0.05) is 0 Å². The molecule has 0 aliphatic heterocycles. The summed E-state index contributed by atoms with van der Waals surface area (Å²) in [6.45, 7) is 5.48. The van der Waals surface area contributed by atoms with Gasteiger partial charge in [-0.2, -0.15) is 0 Å². The summed E-state index contributed by atoms with van der Waals surface area (Å²) in [6, 6.07) is 29.7. The third kappa shape index (κ3) is 10.1. The molecule has 0 radical (unpaired) electrons. The first-order chi connectivity index (χ1) is 22.9. The normalized spacial score (nSPS) is 12.4. The van der Waals surface area contributed by atoms with E-state index in [0.29, 0.717) is 16.9 Å². The van der Waals surface area contributed by atoms with E-state index in [4.69, 9.17) is 14.0 Å². The van der Waals surface area contributed by atoms with Crippen molar-refractivity contribution in [1.82, 2.24) is 0 Å². The molecule has 4 aromatic rings. The van der Waals surface area contributed by atoms with Crippen LogP contribution < -0.4 is 16.7 Å². The SMILES string of the molecule is CC(C)(C)C(=O)COc1ccc([Te][Te]c2ccc(OC(=O)CCC(F)(F)C(F)(F)S(=O)(=O)O)c(-c3ccccc3)c2)cc1-c1ccccc1. The number of alkyl halides is 4. The van der Waals surface area contributed by atoms with Crippen LogP contribution in [-0.4, -0.2) is 76.6 Å². The molecule has 0 heterocycles. The Kier molecular flexibility index (Phi) is 12.6. The molecular weight excluding hydrogens is 896 g/mol. The number of benzene rings is 4. The topological polar surface area (TPSA) is 107 Å². The van der Waals surface area contributed by atoms with Gasteiger partial charge in [0.2, 0.25) is 0 Å². The van der Waals surface area contributed by atoms with E-state index in [9.17, 15) is 35.6 Å². The van der Waals surface area contributed by atoms with Crippen molar-refractivity contribution in [2.75, 3.05) is 6.61 Å². The zero-order valence-corrected chi connectivity index (χ0v) is 32.0. The Morgan fingerprint density at radius 1 is 0.735 bits per heavy atom. The first-order valence-corrected chi connectivity index (χ1v) is 25.8. The van der Waals surface area contributed by atoms with Crippen molar-refractivity contribution in [3.8, 4) is 33.8 Å². The molecule has 260 valence electrons. The number of carbonyl (C=O) groups excluding carboxylic acids is 2. The van der Waals surface area contributed by atoms with E-state index in [2.05, 4.69) is 6.07 Å². The Hall–Kier alpha value is -2.97. The standard InChI is InChI=1S/C35H32F4O7STe2/c1-33(2,3)31(40)22-45-29-16-14-25(20-27(29)23-10-6-4-7-11-23)48-49-26-15-17-30(28(21-26)24-12-8-5-9-13-24)46-32(41)18-19-34(36,37)35(38,39)47(42,43)44/h4-17,20-21H,18-19,22H2,1-3H3,(H,42,43,44). The van der Waals surface area contributed by atoms with Crippen LogP contribution in [0, 0.1) is 5.41 Å². The second-order valence-electron chi connectivity index (χ2n) is 11.8. The molecule has 4 rings (SSSR count). The van der Waals surface area contributed by atoms with E-state index in [1.165, 1.54) is 9.68 Å². The second-order valence-corrected chi connectivity index (χ2v) is 23.3. The Bertz CT molecular complexity index is 1900. The number of Topliss-reactive ketones (excluding diaryl/α,β-unsaturated/α-hetero) is 1. The van der Waals surface area contributed by atoms with Gasteiger partial charge in [0.25, 0.3) is 0 Å². The first kappa shape index (κ1) is 38.8. The van der Waals surface area contributed by atoms with Crippen molar-refractivity contribution < 1.29 is 49.6 Å². The third-order valence-electron chi connectivity index (χ3n) is 7.12. The van der Waals surface area contributed by atoms with Crippen molar-refractivity contribution in [3.05, 3.63) is 97.1 Å². The van der Waals surface area contributed by atoms with Crippen LogP contribution in [0.3, 0.4) is 0 Å². The maximum absolute atomic E-state index is 14.0. The van der Waals surface area contributed by atoms with Crippen molar-refractivity contribution in [2.24, 2.45) is 5.41 Å². The number of esters is 1. The second kappa shape index (κ2) is 15.9. The molecule has 0 amide bonds. The van der Waals surface area contributed by atoms with Crippen molar-refractivity contribution in [2.45, 2.75) is 44.8 Å². The first-order valence-electron chi connectivity index (χ1n) is 14.7. The van der Waals surface area contributed by atoms with Crippen LogP contribution in [0.1, 0.15) is 33.6 Å². The molecule has 0 unspecified atom stereocenters. The minimum absolute atomic E-state index is 0.0173. The van der Waals surface area contributed by atoms with Crippen LogP contribution in [0.4, 0.5) is 17.6 Å². The predicted octanol–water partition coefficient (Wildman–Crippen LogP) is 6.09. The van der Waals surface area contributed by atoms with Crippen LogP contribution in [0.25, 0.3) is 22.3 Å². The minimum atomic E-state index is -6.42. The summed E-state index contributed by atoms with van der Waals surface area (Å²) in [5, 5.41) is -5.77. The molecule has 0 atom stereocenters. The van der Waals surface area contributed by atoms with Gasteiger partial charge in [0.05, 0.1) is 0 Å². The molecule has 14 heteroatoms. The van der Waals surface area contributed by atoms with Crippen molar-refractivity contribution >= 4 is 63.2 Å². The average molecular weight is 928 g/mol. The van der Waals surface area contributed by atoms with Crippen LogP contribution in [0.15, 0.2) is 97.1 Å². The summed E-state index contributed by atoms with van der Waals surface area (Å²) in [6.07, 6.45) is -3.10. The van der Waals surface area contributed by atoms with E-state index in [-0.39, 0.29) is 18.1 Å². The molecule has 0 spiro atoms. The van der Waals surface area contributed by atoms with E-state index >= 15 is 0 Å². The van der Waals surface area contributed by atoms with Crippen molar-refractivity contribution in [1.29, 1.82) is 0 Å². The quantitative estimate of drug-likeness (QED) is 0.0537. The number of hydrogen-bond donors (Lipinski definition) is 1. The van der Waals surface area contributed by atoms with Gasteiger partial charge in [-0.15, -0.1) is 0 Å². The number of halogens is 4. The zero-order chi connectivity index (χ0) is 36.0. The molecule has 0 saturated heterocycles. The van der Waals surface area contributed by atoms with Gasteiger partial charge in [-0.25, -0.2) is 0 Å². The average Bonchev–Trinajstić information content (AvgIpc) is 3.05. The Morgan fingerprint density at radius 2 is 1.20 bits per heavy atom. The van der Waals surface area contributed by atoms with Crippen LogP contribution in [0.5, 0.6) is 11.5 Å². The molecule has 0 saturated carbocycles. The van der Waals surface area contributed by atoms with Gasteiger partial charge in [0.15, 0.2) is 0 Å². The fraction of sp³-hybridized carbons (Fsp3) is 0.257. The van der Waals surface area contributed by atoms with Crippen LogP contribution >= 0.6 is 0 Å². The zero-order valence-electron chi connectivity index (χ0n) is 26.5. The van der Waals surface area contributed by atoms with Gasteiger partial charge < -0.3 is 0 Å². The fourth-order valence-corrected chi connectivity index (χ4v) is 14.6. The van der Waals surface area contributed by atoms with E-state index < -0.39 is 79.6 Å². The monoisotopic (exact) mass is 932 g/mol. The van der Waals surface area contributed by atoms with Gasteiger partial charge in [0.1, 0.15) is 0 Å². The Morgan fingerprint density at radius 3 is 1.67 bits per heavy atom. The molecule has 1 N–H and O–H groups in total. The molecule has 4 aromatic carbocycles. The van der Waals surface area contributed by atoms with Gasteiger partial charge in [-0.05, 0) is 0 Å². The van der Waals surface area contributed by atoms with E-state index in [0.717, 1.165) is 14.7 Å². The number of hydrogen-bond acceptors (Lipinski definition) is 6. The maximum atomic E-state index is 14.0. The Labute approximate surface area is 298 Å². The number of rotatable bonds is 14. The summed E-state index contributed by atoms with van der Waals surface area (Å²) in [5.41, 5.74) is 2.46. The summed E-state index contributed by atoms with van der Waals surface area (Å²) in [4.78, 5) is 25.0. The summed E-state index contributed by atoms with van der Waals surface area (Å²) in [7, 11) is -6.42. The predicted molar refractivity (Wildman–Crippen MR) is 181 cm³/mol. The number of carbonyl (C=O) groups is 2. The molecule has 0 aromatic heterocycles. The summed E-state index contributed by atoms with van der Waals surface area (Å²) < 4.78 is 98.7. The molecule has 0 aliphatic rings. The van der Waals surface area contributed by atoms with Crippen molar-refractivity contribution in [3.63, 3.8) is 0 Å². The van der Waals surface area contributed by atoms with Gasteiger partial charge >= 0.3 is 300 Å². The van der Waals surface area contributed by atoms with Crippen LogP contribution in [-0.2, 0) is 19.7 Å². The summed E-state index contributed by atoms with van der Waals surface area (Å²) >= 11 is -1.47. The third-order valence-corrected chi connectivity index (χ3v) is 19.8. The molecule has 0 aliphatic carbocycles. The number of ketones is 1. The van der Waals surface area contributed by atoms with Crippen LogP contribution in [0.2, 0.25) is 0 Å². The number of ether oxygens (including phenoxy) is 2.